The van der Waals surface area contributed by atoms with Crippen LogP contribution in [0.25, 0.3) is 0 Å². The molecule has 0 saturated heterocycles. The summed E-state index contributed by atoms with van der Waals surface area (Å²) in [5.74, 6) is -0.939. The standard InChI is InChI=1S/C18H20F2N4O3/c1-11-13(19)6-12(7-14(11)20)10-27-16-8-17-23(9-15(25)21-2)4-3-5-24(17)18(26)22-16/h6-8H,3-5,9-10H2,1-2H3,(H,21,25). The van der Waals surface area contributed by atoms with Crippen LogP contribution in [0.3, 0.4) is 0 Å². The van der Waals surface area contributed by atoms with Gasteiger partial charge in [-0.2, -0.15) is 4.98 Å². The first-order valence-electron chi connectivity index (χ1n) is 8.53. The van der Waals surface area contributed by atoms with Crippen LogP contribution in [-0.2, 0) is 17.9 Å². The van der Waals surface area contributed by atoms with Crippen molar-refractivity contribution in [2.24, 2.45) is 0 Å². The number of amides is 1. The number of carbonyl (C=O) groups is 1. The Balaban J connectivity index is 1.83. The van der Waals surface area contributed by atoms with Crippen molar-refractivity contribution in [2.75, 3.05) is 25.0 Å². The zero-order valence-corrected chi connectivity index (χ0v) is 15.1. The molecule has 0 bridgehead atoms. The van der Waals surface area contributed by atoms with Gasteiger partial charge in [0.05, 0.1) is 6.54 Å². The lowest BCUT2D eigenvalue weighted by atomic mass is 10.1. The van der Waals surface area contributed by atoms with Gasteiger partial charge in [0.2, 0.25) is 11.8 Å². The fraction of sp³-hybridized carbons (Fsp3) is 0.389. The molecule has 7 nitrogen and oxygen atoms in total. The van der Waals surface area contributed by atoms with Crippen molar-refractivity contribution in [2.45, 2.75) is 26.5 Å². The zero-order chi connectivity index (χ0) is 19.6. The summed E-state index contributed by atoms with van der Waals surface area (Å²) < 4.78 is 34.3. The Kier molecular flexibility index (Phi) is 5.38. The van der Waals surface area contributed by atoms with Crippen molar-refractivity contribution in [3.05, 3.63) is 51.4 Å². The summed E-state index contributed by atoms with van der Waals surface area (Å²) in [6.45, 7) is 2.43. The van der Waals surface area contributed by atoms with E-state index in [2.05, 4.69) is 10.3 Å². The van der Waals surface area contributed by atoms with Gasteiger partial charge in [-0.25, -0.2) is 13.6 Å². The Morgan fingerprint density at radius 1 is 1.26 bits per heavy atom. The molecule has 9 heteroatoms. The van der Waals surface area contributed by atoms with E-state index in [-0.39, 0.29) is 36.1 Å². The van der Waals surface area contributed by atoms with Gasteiger partial charge < -0.3 is 15.0 Å². The van der Waals surface area contributed by atoms with Gasteiger partial charge in [-0.05, 0) is 31.0 Å². The molecule has 2 heterocycles. The summed E-state index contributed by atoms with van der Waals surface area (Å²) in [6.07, 6.45) is 0.716. The molecule has 0 spiro atoms. The van der Waals surface area contributed by atoms with Crippen LogP contribution in [0.5, 0.6) is 5.88 Å². The third kappa shape index (κ3) is 4.07. The predicted molar refractivity (Wildman–Crippen MR) is 94.8 cm³/mol. The lowest BCUT2D eigenvalue weighted by Crippen LogP contribution is -2.43. The normalized spacial score (nSPS) is 13.3. The monoisotopic (exact) mass is 378 g/mol. The Bertz CT molecular complexity index is 906. The van der Waals surface area contributed by atoms with Crippen molar-refractivity contribution < 1.29 is 18.3 Å². The quantitative estimate of drug-likeness (QED) is 0.850. The lowest BCUT2D eigenvalue weighted by molar-refractivity contribution is -0.119. The molecule has 1 N–H and O–H groups in total. The number of likely N-dealkylation sites (N-methyl/N-ethyl adjacent to an activating group) is 1. The van der Waals surface area contributed by atoms with Crippen LogP contribution in [0.4, 0.5) is 14.6 Å². The molecule has 144 valence electrons. The van der Waals surface area contributed by atoms with Crippen LogP contribution in [0.1, 0.15) is 17.5 Å². The zero-order valence-electron chi connectivity index (χ0n) is 15.1. The Morgan fingerprint density at radius 3 is 2.63 bits per heavy atom. The Labute approximate surface area is 154 Å². The minimum atomic E-state index is -0.663. The number of nitrogens with zero attached hydrogens (tertiary/aromatic N) is 3. The molecule has 1 aromatic carbocycles. The van der Waals surface area contributed by atoms with E-state index in [0.29, 0.717) is 25.3 Å². The van der Waals surface area contributed by atoms with E-state index < -0.39 is 17.3 Å². The summed E-state index contributed by atoms with van der Waals surface area (Å²) in [5.41, 5.74) is -0.267. The van der Waals surface area contributed by atoms with Crippen LogP contribution in [0.15, 0.2) is 23.0 Å². The average molecular weight is 378 g/mol. The fourth-order valence-electron chi connectivity index (χ4n) is 2.90. The number of fused-ring (bicyclic) bond motifs is 1. The third-order valence-corrected chi connectivity index (χ3v) is 4.44. The average Bonchev–Trinajstić information content (AvgIpc) is 2.64. The molecule has 0 unspecified atom stereocenters. The molecule has 0 aliphatic carbocycles. The van der Waals surface area contributed by atoms with E-state index in [0.717, 1.165) is 0 Å². The first kappa shape index (κ1) is 18.8. The number of rotatable bonds is 5. The molecule has 0 saturated carbocycles. The highest BCUT2D eigenvalue weighted by atomic mass is 19.1. The number of hydrogen-bond acceptors (Lipinski definition) is 5. The summed E-state index contributed by atoms with van der Waals surface area (Å²) in [6, 6.07) is 3.92. The van der Waals surface area contributed by atoms with Gasteiger partial charge in [-0.15, -0.1) is 0 Å². The second-order valence-electron chi connectivity index (χ2n) is 6.31. The maximum absolute atomic E-state index is 13.7. The topological polar surface area (TPSA) is 76.5 Å². The number of carbonyl (C=O) groups excluding carboxylic acids is 1. The minimum absolute atomic E-state index is 0.0384. The number of benzene rings is 1. The molecule has 0 radical (unpaired) electrons. The lowest BCUT2D eigenvalue weighted by Gasteiger charge is -2.31. The van der Waals surface area contributed by atoms with Crippen molar-refractivity contribution >= 4 is 11.7 Å². The smallest absolute Gasteiger partial charge is 0.352 e. The molecular weight excluding hydrogens is 358 g/mol. The van der Waals surface area contributed by atoms with Crippen LogP contribution in [-0.4, -0.2) is 35.6 Å². The van der Waals surface area contributed by atoms with Crippen molar-refractivity contribution in [1.82, 2.24) is 14.9 Å². The van der Waals surface area contributed by atoms with E-state index in [1.165, 1.54) is 23.6 Å². The van der Waals surface area contributed by atoms with Crippen LogP contribution >= 0.6 is 0 Å². The summed E-state index contributed by atoms with van der Waals surface area (Å²) in [7, 11) is 1.54. The SMILES string of the molecule is CNC(=O)CN1CCCn2c1cc(OCc1cc(F)c(C)c(F)c1)nc2=O. The molecule has 2 aromatic rings. The fourth-order valence-corrected chi connectivity index (χ4v) is 2.90. The number of hydrogen-bond donors (Lipinski definition) is 1. The van der Waals surface area contributed by atoms with Gasteiger partial charge in [0.25, 0.3) is 0 Å². The van der Waals surface area contributed by atoms with Gasteiger partial charge in [0.1, 0.15) is 24.1 Å². The van der Waals surface area contributed by atoms with Gasteiger partial charge in [-0.3, -0.25) is 9.36 Å². The van der Waals surface area contributed by atoms with E-state index in [1.54, 1.807) is 18.0 Å². The van der Waals surface area contributed by atoms with Crippen molar-refractivity contribution in [3.63, 3.8) is 0 Å². The van der Waals surface area contributed by atoms with E-state index in [1.807, 2.05) is 0 Å². The predicted octanol–water partition coefficient (Wildman–Crippen LogP) is 1.37. The first-order chi connectivity index (χ1) is 12.9. The molecule has 0 fully saturated rings. The maximum atomic E-state index is 13.7. The molecule has 27 heavy (non-hydrogen) atoms. The first-order valence-corrected chi connectivity index (χ1v) is 8.53. The van der Waals surface area contributed by atoms with Crippen LogP contribution in [0.2, 0.25) is 0 Å². The number of ether oxygens (including phenoxy) is 1. The Morgan fingerprint density at radius 2 is 1.96 bits per heavy atom. The Hall–Kier alpha value is -2.97. The maximum Gasteiger partial charge on any atom is 0.352 e. The van der Waals surface area contributed by atoms with Crippen molar-refractivity contribution in [3.8, 4) is 5.88 Å². The number of nitrogens with one attached hydrogen (secondary N) is 1. The highest BCUT2D eigenvalue weighted by molar-refractivity contribution is 5.80. The molecule has 1 aliphatic rings. The van der Waals surface area contributed by atoms with Crippen LogP contribution < -0.4 is 20.6 Å². The second-order valence-corrected chi connectivity index (χ2v) is 6.31. The minimum Gasteiger partial charge on any atom is -0.473 e. The third-order valence-electron chi connectivity index (χ3n) is 4.44. The van der Waals surface area contributed by atoms with Gasteiger partial charge >= 0.3 is 5.69 Å². The molecule has 0 atom stereocenters. The number of halogens is 2. The van der Waals surface area contributed by atoms with E-state index >= 15 is 0 Å². The van der Waals surface area contributed by atoms with E-state index in [9.17, 15) is 18.4 Å². The molecule has 3 rings (SSSR count). The second kappa shape index (κ2) is 7.73. The highest BCUT2D eigenvalue weighted by Gasteiger charge is 2.21. The number of aromatic nitrogens is 2. The number of anilines is 1. The highest BCUT2D eigenvalue weighted by Crippen LogP contribution is 2.22. The molecule has 1 aromatic heterocycles. The molecule has 1 amide bonds. The summed E-state index contributed by atoms with van der Waals surface area (Å²) >= 11 is 0. The van der Waals surface area contributed by atoms with Crippen molar-refractivity contribution in [1.29, 1.82) is 0 Å². The van der Waals surface area contributed by atoms with Crippen LogP contribution in [0, 0.1) is 18.6 Å². The van der Waals surface area contributed by atoms with E-state index in [4.69, 9.17) is 4.74 Å². The summed E-state index contributed by atoms with van der Waals surface area (Å²) in [4.78, 5) is 29.6. The summed E-state index contributed by atoms with van der Waals surface area (Å²) in [5, 5.41) is 2.55. The van der Waals surface area contributed by atoms with Gasteiger partial charge in [0.15, 0.2) is 0 Å². The van der Waals surface area contributed by atoms with Gasteiger partial charge in [-0.1, -0.05) is 0 Å². The molecule has 1 aliphatic heterocycles. The largest absolute Gasteiger partial charge is 0.473 e. The van der Waals surface area contributed by atoms with Gasteiger partial charge in [0, 0.05) is 31.8 Å². The molecular formula is C18H20F2N4O3.